The van der Waals surface area contributed by atoms with Crippen molar-refractivity contribution in [2.75, 3.05) is 18.0 Å². The zero-order chi connectivity index (χ0) is 22.2. The SMILES string of the molecule is CCN(CC)c1ccc2nc3c4ccccc4/c(=N/c4ncc(Cl)cc4Cl)cc-3oc2c1. The molecule has 0 bridgehead atoms. The highest BCUT2D eigenvalue weighted by atomic mass is 35.5. The number of aromatic nitrogens is 2. The van der Waals surface area contributed by atoms with Crippen LogP contribution in [0.4, 0.5) is 11.5 Å². The summed E-state index contributed by atoms with van der Waals surface area (Å²) in [5.41, 5.74) is 3.43. The average molecular weight is 463 g/mol. The Morgan fingerprint density at radius 3 is 2.50 bits per heavy atom. The van der Waals surface area contributed by atoms with Crippen LogP contribution in [0.3, 0.4) is 0 Å². The van der Waals surface area contributed by atoms with Crippen molar-refractivity contribution in [2.45, 2.75) is 13.8 Å². The van der Waals surface area contributed by atoms with Crippen LogP contribution in [0.15, 0.2) is 70.2 Å². The van der Waals surface area contributed by atoms with Gasteiger partial charge in [0.25, 0.3) is 0 Å². The van der Waals surface area contributed by atoms with Gasteiger partial charge < -0.3 is 9.32 Å². The highest BCUT2D eigenvalue weighted by Gasteiger charge is 2.16. The molecule has 160 valence electrons. The Hall–Kier alpha value is -3.15. The molecule has 1 aromatic heterocycles. The molecule has 0 radical (unpaired) electrons. The van der Waals surface area contributed by atoms with Gasteiger partial charge in [-0.15, -0.1) is 0 Å². The monoisotopic (exact) mass is 462 g/mol. The van der Waals surface area contributed by atoms with Gasteiger partial charge in [-0.3, -0.25) is 0 Å². The summed E-state index contributed by atoms with van der Waals surface area (Å²) in [7, 11) is 0. The van der Waals surface area contributed by atoms with E-state index in [1.54, 1.807) is 6.07 Å². The molecule has 2 heterocycles. The number of halogens is 2. The number of fused-ring (bicyclic) bond motifs is 4. The summed E-state index contributed by atoms with van der Waals surface area (Å²) in [5, 5.41) is 3.45. The lowest BCUT2D eigenvalue weighted by Gasteiger charge is -2.21. The van der Waals surface area contributed by atoms with Crippen LogP contribution in [0.2, 0.25) is 10.0 Å². The van der Waals surface area contributed by atoms with Gasteiger partial charge in [0, 0.05) is 47.9 Å². The van der Waals surface area contributed by atoms with E-state index in [1.807, 2.05) is 42.5 Å². The van der Waals surface area contributed by atoms with E-state index in [2.05, 4.69) is 29.8 Å². The quantitative estimate of drug-likeness (QED) is 0.216. The zero-order valence-electron chi connectivity index (χ0n) is 17.6. The van der Waals surface area contributed by atoms with Crippen molar-refractivity contribution < 1.29 is 4.42 Å². The molecule has 2 aliphatic rings. The fourth-order valence-electron chi connectivity index (χ4n) is 3.91. The molecule has 1 aliphatic carbocycles. The van der Waals surface area contributed by atoms with Crippen molar-refractivity contribution in [3.8, 4) is 11.5 Å². The maximum atomic E-state index is 6.34. The Labute approximate surface area is 195 Å². The topological polar surface area (TPSA) is 54.5 Å². The smallest absolute Gasteiger partial charge is 0.171 e. The highest BCUT2D eigenvalue weighted by Crippen LogP contribution is 2.32. The molecule has 7 heteroatoms. The van der Waals surface area contributed by atoms with Crippen molar-refractivity contribution >= 4 is 56.6 Å². The third kappa shape index (κ3) is 3.68. The molecule has 0 atom stereocenters. The molecule has 3 aromatic rings. The summed E-state index contributed by atoms with van der Waals surface area (Å²) in [6.07, 6.45) is 1.53. The van der Waals surface area contributed by atoms with Crippen LogP contribution >= 0.6 is 23.2 Å². The maximum Gasteiger partial charge on any atom is 0.171 e. The van der Waals surface area contributed by atoms with Crippen molar-refractivity contribution in [2.24, 2.45) is 4.99 Å². The molecule has 0 saturated carbocycles. The van der Waals surface area contributed by atoms with E-state index in [1.165, 1.54) is 6.20 Å². The van der Waals surface area contributed by atoms with Gasteiger partial charge in [0.15, 0.2) is 17.2 Å². The first kappa shape index (κ1) is 20.7. The summed E-state index contributed by atoms with van der Waals surface area (Å²) in [6, 6.07) is 17.6. The van der Waals surface area contributed by atoms with Crippen LogP contribution in [-0.2, 0) is 0 Å². The maximum absolute atomic E-state index is 6.34. The van der Waals surface area contributed by atoms with Crippen LogP contribution in [0.25, 0.3) is 33.3 Å². The Balaban J connectivity index is 1.80. The summed E-state index contributed by atoms with van der Waals surface area (Å²) >= 11 is 12.3. The molecule has 0 spiro atoms. The van der Waals surface area contributed by atoms with Crippen molar-refractivity contribution in [1.29, 1.82) is 0 Å². The molecule has 0 unspecified atom stereocenters. The molecule has 2 aromatic carbocycles. The number of nitrogens with zero attached hydrogens (tertiary/aromatic N) is 4. The first-order valence-electron chi connectivity index (χ1n) is 10.4. The fraction of sp³-hybridized carbons (Fsp3) is 0.160. The number of hydrogen-bond donors (Lipinski definition) is 0. The molecule has 32 heavy (non-hydrogen) atoms. The highest BCUT2D eigenvalue weighted by molar-refractivity contribution is 6.35. The van der Waals surface area contributed by atoms with E-state index in [0.717, 1.165) is 46.3 Å². The fourth-order valence-corrected chi connectivity index (χ4v) is 4.33. The van der Waals surface area contributed by atoms with Gasteiger partial charge >= 0.3 is 0 Å². The van der Waals surface area contributed by atoms with Crippen LogP contribution in [0, 0.1) is 0 Å². The van der Waals surface area contributed by atoms with Gasteiger partial charge in [0.2, 0.25) is 0 Å². The number of hydrogen-bond acceptors (Lipinski definition) is 5. The molecular weight excluding hydrogens is 443 g/mol. The van der Waals surface area contributed by atoms with E-state index in [0.29, 0.717) is 27.0 Å². The lowest BCUT2D eigenvalue weighted by molar-refractivity contribution is 0.613. The normalized spacial score (nSPS) is 12.2. The minimum Gasteiger partial charge on any atom is -0.453 e. The Morgan fingerprint density at radius 1 is 0.969 bits per heavy atom. The Bertz CT molecular complexity index is 1490. The summed E-state index contributed by atoms with van der Waals surface area (Å²) < 4.78 is 6.34. The van der Waals surface area contributed by atoms with E-state index in [-0.39, 0.29) is 0 Å². The van der Waals surface area contributed by atoms with E-state index >= 15 is 0 Å². The first-order valence-corrected chi connectivity index (χ1v) is 11.2. The second-order valence-electron chi connectivity index (χ2n) is 7.40. The average Bonchev–Trinajstić information content (AvgIpc) is 2.80. The predicted molar refractivity (Wildman–Crippen MR) is 131 cm³/mol. The van der Waals surface area contributed by atoms with Crippen LogP contribution in [0.1, 0.15) is 13.8 Å². The summed E-state index contributed by atoms with van der Waals surface area (Å²) in [5.74, 6) is 1.05. The molecule has 0 N–H and O–H groups in total. The van der Waals surface area contributed by atoms with E-state index in [4.69, 9.17) is 37.6 Å². The minimum atomic E-state index is 0.388. The molecular formula is C25H20Cl2N4O. The van der Waals surface area contributed by atoms with Gasteiger partial charge in [0.1, 0.15) is 11.2 Å². The van der Waals surface area contributed by atoms with Crippen molar-refractivity contribution in [1.82, 2.24) is 9.97 Å². The number of anilines is 1. The molecule has 5 nitrogen and oxygen atoms in total. The lowest BCUT2D eigenvalue weighted by Crippen LogP contribution is -2.21. The molecule has 1 aliphatic heterocycles. The Kier molecular flexibility index (Phi) is 5.45. The third-order valence-electron chi connectivity index (χ3n) is 5.50. The van der Waals surface area contributed by atoms with Crippen LogP contribution in [-0.4, -0.2) is 23.1 Å². The Morgan fingerprint density at radius 2 is 1.75 bits per heavy atom. The van der Waals surface area contributed by atoms with Gasteiger partial charge in [-0.05, 0) is 32.0 Å². The zero-order valence-corrected chi connectivity index (χ0v) is 19.2. The number of pyridine rings is 1. The summed E-state index contributed by atoms with van der Waals surface area (Å²) in [6.45, 7) is 6.12. The minimum absolute atomic E-state index is 0.388. The van der Waals surface area contributed by atoms with Gasteiger partial charge in [-0.25, -0.2) is 15.0 Å². The number of rotatable bonds is 4. The van der Waals surface area contributed by atoms with Crippen molar-refractivity contribution in [3.63, 3.8) is 0 Å². The van der Waals surface area contributed by atoms with Gasteiger partial charge in [-0.2, -0.15) is 0 Å². The third-order valence-corrected chi connectivity index (χ3v) is 5.98. The first-order chi connectivity index (χ1) is 15.6. The standard InChI is InChI=1S/C25H20Cl2N4O/c1-3-31(4-2)16-9-10-20-22(12-16)32-23-13-21(30-25-19(27)11-15(26)14-28-25)17-7-5-6-8-18(17)24(23)29-20/h5-14H,3-4H2,1-2H3/b30-21+. The van der Waals surface area contributed by atoms with E-state index < -0.39 is 0 Å². The van der Waals surface area contributed by atoms with E-state index in [9.17, 15) is 0 Å². The van der Waals surface area contributed by atoms with Crippen LogP contribution < -0.4 is 10.3 Å². The molecule has 0 saturated heterocycles. The van der Waals surface area contributed by atoms with Gasteiger partial charge in [-0.1, -0.05) is 47.5 Å². The second kappa shape index (κ2) is 8.41. The lowest BCUT2D eigenvalue weighted by atomic mass is 10.0. The number of benzene rings is 3. The van der Waals surface area contributed by atoms with Crippen molar-refractivity contribution in [3.05, 3.63) is 76.2 Å². The summed E-state index contributed by atoms with van der Waals surface area (Å²) in [4.78, 5) is 16.2. The second-order valence-corrected chi connectivity index (χ2v) is 8.24. The van der Waals surface area contributed by atoms with Gasteiger partial charge in [0.05, 0.1) is 15.4 Å². The molecule has 5 rings (SSSR count). The largest absolute Gasteiger partial charge is 0.453 e. The van der Waals surface area contributed by atoms with Crippen LogP contribution in [0.5, 0.6) is 0 Å². The predicted octanol–water partition coefficient (Wildman–Crippen LogP) is 6.87. The molecule has 0 fully saturated rings. The molecule has 0 amide bonds.